The molecule has 0 spiro atoms. The molecular formula is C17H14O3. The van der Waals surface area contributed by atoms with Gasteiger partial charge in [0.2, 0.25) is 5.78 Å². The minimum Gasteiger partial charge on any atom is -0.497 e. The molecule has 0 saturated heterocycles. The van der Waals surface area contributed by atoms with Crippen molar-refractivity contribution < 1.29 is 14.3 Å². The Hall–Kier alpha value is -2.73. The second kappa shape index (κ2) is 6.44. The predicted octanol–water partition coefficient (Wildman–Crippen LogP) is 2.94. The maximum absolute atomic E-state index is 11.9. The van der Waals surface area contributed by atoms with Crippen LogP contribution in [0.25, 0.3) is 0 Å². The van der Waals surface area contributed by atoms with Crippen LogP contribution in [0.1, 0.15) is 15.9 Å². The third-order valence-corrected chi connectivity index (χ3v) is 2.75. The number of carbonyl (C=O) groups is 1. The van der Waals surface area contributed by atoms with Gasteiger partial charge in [-0.3, -0.25) is 4.79 Å². The summed E-state index contributed by atoms with van der Waals surface area (Å²) in [4.78, 5) is 11.9. The molecule has 0 N–H and O–H groups in total. The van der Waals surface area contributed by atoms with Crippen molar-refractivity contribution in [3.63, 3.8) is 0 Å². The van der Waals surface area contributed by atoms with E-state index in [2.05, 4.69) is 11.8 Å². The summed E-state index contributed by atoms with van der Waals surface area (Å²) in [5.41, 5.74) is 1.19. The lowest BCUT2D eigenvalue weighted by atomic mass is 10.1. The van der Waals surface area contributed by atoms with Crippen LogP contribution in [-0.4, -0.2) is 20.0 Å². The van der Waals surface area contributed by atoms with E-state index in [9.17, 15) is 4.79 Å². The SMILES string of the molecule is COc1ccc(OC)c(C#CC(=O)c2ccccc2)c1. The maximum Gasteiger partial charge on any atom is 0.236 e. The molecule has 0 unspecified atom stereocenters. The Morgan fingerprint density at radius 3 is 2.40 bits per heavy atom. The summed E-state index contributed by atoms with van der Waals surface area (Å²) in [5.74, 6) is 6.50. The zero-order chi connectivity index (χ0) is 14.4. The van der Waals surface area contributed by atoms with Crippen molar-refractivity contribution in [2.75, 3.05) is 14.2 Å². The number of carbonyl (C=O) groups excluding carboxylic acids is 1. The van der Waals surface area contributed by atoms with Crippen molar-refractivity contribution >= 4 is 5.78 Å². The van der Waals surface area contributed by atoms with E-state index in [0.717, 1.165) is 0 Å². The monoisotopic (exact) mass is 266 g/mol. The van der Waals surface area contributed by atoms with Gasteiger partial charge in [-0.15, -0.1) is 0 Å². The van der Waals surface area contributed by atoms with Crippen LogP contribution in [0.15, 0.2) is 48.5 Å². The highest BCUT2D eigenvalue weighted by Crippen LogP contribution is 2.22. The van der Waals surface area contributed by atoms with E-state index in [1.54, 1.807) is 56.7 Å². The van der Waals surface area contributed by atoms with Gasteiger partial charge in [0.25, 0.3) is 0 Å². The Bertz CT molecular complexity index is 664. The summed E-state index contributed by atoms with van der Waals surface area (Å²) in [6, 6.07) is 14.2. The molecule has 2 rings (SSSR count). The van der Waals surface area contributed by atoms with Gasteiger partial charge in [0.05, 0.1) is 19.8 Å². The quantitative estimate of drug-likeness (QED) is 0.633. The first-order chi connectivity index (χ1) is 9.74. The van der Waals surface area contributed by atoms with Crippen molar-refractivity contribution in [3.05, 3.63) is 59.7 Å². The average Bonchev–Trinajstić information content (AvgIpc) is 2.53. The molecule has 0 bridgehead atoms. The molecule has 20 heavy (non-hydrogen) atoms. The van der Waals surface area contributed by atoms with Crippen molar-refractivity contribution in [3.8, 4) is 23.3 Å². The zero-order valence-corrected chi connectivity index (χ0v) is 11.3. The lowest BCUT2D eigenvalue weighted by molar-refractivity contribution is 0.105. The summed E-state index contributed by atoms with van der Waals surface area (Å²) in [7, 11) is 3.14. The van der Waals surface area contributed by atoms with Crippen LogP contribution in [-0.2, 0) is 0 Å². The Kier molecular flexibility index (Phi) is 4.41. The number of hydrogen-bond acceptors (Lipinski definition) is 3. The predicted molar refractivity (Wildman–Crippen MR) is 77.2 cm³/mol. The fourth-order valence-electron chi connectivity index (χ4n) is 1.70. The summed E-state index contributed by atoms with van der Waals surface area (Å²) in [6.07, 6.45) is 0. The smallest absolute Gasteiger partial charge is 0.236 e. The molecule has 0 amide bonds. The molecule has 0 fully saturated rings. The molecule has 0 saturated carbocycles. The lowest BCUT2D eigenvalue weighted by Gasteiger charge is -2.05. The third-order valence-electron chi connectivity index (χ3n) is 2.75. The molecule has 100 valence electrons. The molecule has 2 aromatic carbocycles. The Morgan fingerprint density at radius 2 is 1.75 bits per heavy atom. The number of ketones is 1. The van der Waals surface area contributed by atoms with E-state index >= 15 is 0 Å². The summed E-state index contributed by atoms with van der Waals surface area (Å²) in [5, 5.41) is 0. The van der Waals surface area contributed by atoms with E-state index in [0.29, 0.717) is 22.6 Å². The highest BCUT2D eigenvalue weighted by Gasteiger charge is 2.04. The molecule has 3 nitrogen and oxygen atoms in total. The van der Waals surface area contributed by atoms with Crippen LogP contribution in [0, 0.1) is 11.8 Å². The normalized spacial score (nSPS) is 9.30. The first-order valence-corrected chi connectivity index (χ1v) is 6.08. The molecule has 0 aliphatic carbocycles. The van der Waals surface area contributed by atoms with E-state index < -0.39 is 0 Å². The van der Waals surface area contributed by atoms with Gasteiger partial charge in [-0.2, -0.15) is 0 Å². The first kappa shape index (κ1) is 13.7. The van der Waals surface area contributed by atoms with Crippen molar-refractivity contribution in [2.24, 2.45) is 0 Å². The van der Waals surface area contributed by atoms with Crippen LogP contribution < -0.4 is 9.47 Å². The van der Waals surface area contributed by atoms with Crippen LogP contribution in [0.5, 0.6) is 11.5 Å². The molecule has 3 heteroatoms. The van der Waals surface area contributed by atoms with Gasteiger partial charge in [0.15, 0.2) is 0 Å². The van der Waals surface area contributed by atoms with E-state index in [1.165, 1.54) is 0 Å². The van der Waals surface area contributed by atoms with Gasteiger partial charge in [-0.1, -0.05) is 36.3 Å². The third kappa shape index (κ3) is 3.18. The summed E-state index contributed by atoms with van der Waals surface area (Å²) in [6.45, 7) is 0. The van der Waals surface area contributed by atoms with Crippen LogP contribution in [0.2, 0.25) is 0 Å². The van der Waals surface area contributed by atoms with Crippen LogP contribution >= 0.6 is 0 Å². The number of hydrogen-bond donors (Lipinski definition) is 0. The van der Waals surface area contributed by atoms with Gasteiger partial charge in [-0.25, -0.2) is 0 Å². The summed E-state index contributed by atoms with van der Waals surface area (Å²) >= 11 is 0. The average molecular weight is 266 g/mol. The molecule has 2 aromatic rings. The number of methoxy groups -OCH3 is 2. The molecule has 0 heterocycles. The van der Waals surface area contributed by atoms with Gasteiger partial charge in [-0.05, 0) is 24.1 Å². The Morgan fingerprint density at radius 1 is 1.00 bits per heavy atom. The van der Waals surface area contributed by atoms with Crippen molar-refractivity contribution in [2.45, 2.75) is 0 Å². The van der Waals surface area contributed by atoms with Gasteiger partial charge in [0, 0.05) is 5.56 Å². The first-order valence-electron chi connectivity index (χ1n) is 6.08. The van der Waals surface area contributed by atoms with Crippen molar-refractivity contribution in [1.82, 2.24) is 0 Å². The van der Waals surface area contributed by atoms with E-state index in [1.807, 2.05) is 6.07 Å². The number of Topliss-reactive ketones (excluding diaryl/α,β-unsaturated/α-hetero) is 1. The number of ether oxygens (including phenoxy) is 2. The van der Waals surface area contributed by atoms with Crippen LogP contribution in [0.4, 0.5) is 0 Å². The molecule has 0 radical (unpaired) electrons. The highest BCUT2D eigenvalue weighted by molar-refractivity contribution is 6.09. The maximum atomic E-state index is 11.9. The fourth-order valence-corrected chi connectivity index (χ4v) is 1.70. The van der Waals surface area contributed by atoms with Crippen LogP contribution in [0.3, 0.4) is 0 Å². The summed E-state index contributed by atoms with van der Waals surface area (Å²) < 4.78 is 10.4. The zero-order valence-electron chi connectivity index (χ0n) is 11.3. The second-order valence-corrected chi connectivity index (χ2v) is 4.01. The molecule has 0 aliphatic rings. The number of benzene rings is 2. The van der Waals surface area contributed by atoms with E-state index in [4.69, 9.17) is 9.47 Å². The van der Waals surface area contributed by atoms with Gasteiger partial charge >= 0.3 is 0 Å². The molecule has 0 aliphatic heterocycles. The van der Waals surface area contributed by atoms with E-state index in [-0.39, 0.29) is 5.78 Å². The topological polar surface area (TPSA) is 35.5 Å². The van der Waals surface area contributed by atoms with Gasteiger partial charge < -0.3 is 9.47 Å². The second-order valence-electron chi connectivity index (χ2n) is 4.01. The largest absolute Gasteiger partial charge is 0.497 e. The Labute approximate surface area is 118 Å². The number of rotatable bonds is 3. The fraction of sp³-hybridized carbons (Fsp3) is 0.118. The molecular weight excluding hydrogens is 252 g/mol. The highest BCUT2D eigenvalue weighted by atomic mass is 16.5. The minimum atomic E-state index is -0.226. The standard InChI is InChI=1S/C17H14O3/c1-19-15-9-11-17(20-2)14(12-15)8-10-16(18)13-6-4-3-5-7-13/h3-7,9,11-12H,1-2H3. The Balaban J connectivity index is 2.30. The van der Waals surface area contributed by atoms with Gasteiger partial charge in [0.1, 0.15) is 11.5 Å². The van der Waals surface area contributed by atoms with Crippen molar-refractivity contribution in [1.29, 1.82) is 0 Å². The molecule has 0 atom stereocenters. The molecule has 0 aromatic heterocycles. The minimum absolute atomic E-state index is 0.226. The lowest BCUT2D eigenvalue weighted by Crippen LogP contribution is -1.95.